The molecule has 76 valence electrons. The average Bonchev–Trinajstić information content (AvgIpc) is 2.15. The summed E-state index contributed by atoms with van der Waals surface area (Å²) in [6.45, 7) is 0.845. The quantitative estimate of drug-likeness (QED) is 0.734. The van der Waals surface area contributed by atoms with E-state index in [-0.39, 0.29) is 6.03 Å². The van der Waals surface area contributed by atoms with Gasteiger partial charge in [-0.25, -0.2) is 4.79 Å². The first-order valence-electron chi connectivity index (χ1n) is 4.73. The Hall–Kier alpha value is -0.380. The van der Waals surface area contributed by atoms with Gasteiger partial charge in [0.1, 0.15) is 0 Å². The van der Waals surface area contributed by atoms with Crippen LogP contribution in [0.2, 0.25) is 0 Å². The number of nitrogens with one attached hydrogen (secondary N) is 1. The van der Waals surface area contributed by atoms with E-state index >= 15 is 0 Å². The highest BCUT2D eigenvalue weighted by Gasteiger charge is 2.14. The number of amides is 2. The van der Waals surface area contributed by atoms with Crippen LogP contribution in [-0.4, -0.2) is 43.1 Å². The normalized spacial score (nSPS) is 18.3. The summed E-state index contributed by atoms with van der Waals surface area (Å²) in [6.07, 6.45) is 2.50. The molecule has 4 heteroatoms. The first kappa shape index (κ1) is 10.7. The summed E-state index contributed by atoms with van der Waals surface area (Å²) >= 11 is 2.02. The van der Waals surface area contributed by atoms with E-state index in [2.05, 4.69) is 5.32 Å². The molecular weight excluding hydrogens is 184 g/mol. The molecule has 2 amide bonds. The van der Waals surface area contributed by atoms with Crippen LogP contribution in [0.25, 0.3) is 0 Å². The molecule has 0 spiro atoms. The molecule has 0 radical (unpaired) electrons. The molecule has 13 heavy (non-hydrogen) atoms. The Balaban J connectivity index is 2.13. The summed E-state index contributed by atoms with van der Waals surface area (Å²) < 4.78 is 0. The monoisotopic (exact) mass is 202 g/mol. The lowest BCUT2D eigenvalue weighted by Crippen LogP contribution is -2.38. The molecule has 0 bridgehead atoms. The van der Waals surface area contributed by atoms with E-state index in [9.17, 15) is 4.79 Å². The number of hydrogen-bond acceptors (Lipinski definition) is 2. The van der Waals surface area contributed by atoms with Gasteiger partial charge < -0.3 is 10.2 Å². The highest BCUT2D eigenvalue weighted by atomic mass is 32.2. The Kier molecular flexibility index (Phi) is 4.42. The van der Waals surface area contributed by atoms with Gasteiger partial charge in [0.25, 0.3) is 0 Å². The Labute approximate surface area is 84.2 Å². The largest absolute Gasteiger partial charge is 0.338 e. The van der Waals surface area contributed by atoms with Gasteiger partial charge in [0.15, 0.2) is 0 Å². The smallest absolute Gasteiger partial charge is 0.316 e. The molecule has 0 saturated carbocycles. The van der Waals surface area contributed by atoms with E-state index in [4.69, 9.17) is 0 Å². The molecule has 0 unspecified atom stereocenters. The number of nitrogens with zero attached hydrogens (tertiary/aromatic N) is 1. The zero-order chi connectivity index (χ0) is 9.68. The maximum Gasteiger partial charge on any atom is 0.316 e. The van der Waals surface area contributed by atoms with Crippen molar-refractivity contribution in [1.29, 1.82) is 0 Å². The molecule has 1 saturated heterocycles. The highest BCUT2D eigenvalue weighted by molar-refractivity contribution is 7.99. The zero-order valence-electron chi connectivity index (χ0n) is 8.38. The minimum atomic E-state index is 0.0261. The van der Waals surface area contributed by atoms with Gasteiger partial charge in [-0.3, -0.25) is 0 Å². The summed E-state index contributed by atoms with van der Waals surface area (Å²) in [5.41, 5.74) is 0. The standard InChI is InChI=1S/C9H18N2OS/c1-11(2)9(12)10-7-8-3-5-13-6-4-8/h8H,3-7H2,1-2H3,(H,10,12). The van der Waals surface area contributed by atoms with Crippen molar-refractivity contribution < 1.29 is 4.79 Å². The Bertz CT molecular complexity index is 167. The van der Waals surface area contributed by atoms with Crippen LogP contribution in [0, 0.1) is 5.92 Å². The Morgan fingerprint density at radius 1 is 1.46 bits per heavy atom. The lowest BCUT2D eigenvalue weighted by Gasteiger charge is -2.22. The van der Waals surface area contributed by atoms with E-state index in [1.807, 2.05) is 11.8 Å². The average molecular weight is 202 g/mol. The van der Waals surface area contributed by atoms with E-state index in [0.29, 0.717) is 5.92 Å². The topological polar surface area (TPSA) is 32.3 Å². The molecular formula is C9H18N2OS. The first-order chi connectivity index (χ1) is 6.20. The molecule has 0 aromatic carbocycles. The predicted molar refractivity (Wildman–Crippen MR) is 57.1 cm³/mol. The molecule has 0 atom stereocenters. The molecule has 1 aliphatic rings. The van der Waals surface area contributed by atoms with Crippen LogP contribution < -0.4 is 5.32 Å². The van der Waals surface area contributed by atoms with E-state index in [1.165, 1.54) is 24.3 Å². The van der Waals surface area contributed by atoms with Crippen molar-refractivity contribution in [2.75, 3.05) is 32.1 Å². The van der Waals surface area contributed by atoms with Crippen LogP contribution in [0.1, 0.15) is 12.8 Å². The lowest BCUT2D eigenvalue weighted by atomic mass is 10.0. The van der Waals surface area contributed by atoms with Gasteiger partial charge in [0, 0.05) is 20.6 Å². The van der Waals surface area contributed by atoms with Gasteiger partial charge in [0.2, 0.25) is 0 Å². The van der Waals surface area contributed by atoms with E-state index in [0.717, 1.165) is 6.54 Å². The van der Waals surface area contributed by atoms with Crippen molar-refractivity contribution in [3.05, 3.63) is 0 Å². The van der Waals surface area contributed by atoms with Crippen molar-refractivity contribution in [3.8, 4) is 0 Å². The van der Waals surface area contributed by atoms with Gasteiger partial charge in [-0.05, 0) is 30.3 Å². The summed E-state index contributed by atoms with van der Waals surface area (Å²) in [7, 11) is 3.54. The third-order valence-corrected chi connectivity index (χ3v) is 3.34. The molecule has 1 fully saturated rings. The molecule has 1 heterocycles. The second-order valence-corrected chi connectivity index (χ2v) is 4.86. The van der Waals surface area contributed by atoms with Crippen molar-refractivity contribution in [2.45, 2.75) is 12.8 Å². The maximum atomic E-state index is 11.2. The van der Waals surface area contributed by atoms with Crippen molar-refractivity contribution in [2.24, 2.45) is 5.92 Å². The minimum absolute atomic E-state index is 0.0261. The van der Waals surface area contributed by atoms with Gasteiger partial charge in [-0.2, -0.15) is 11.8 Å². The molecule has 0 aliphatic carbocycles. The zero-order valence-corrected chi connectivity index (χ0v) is 9.19. The summed E-state index contributed by atoms with van der Waals surface area (Å²) in [6, 6.07) is 0.0261. The van der Waals surface area contributed by atoms with Crippen LogP contribution in [-0.2, 0) is 0 Å². The fraction of sp³-hybridized carbons (Fsp3) is 0.889. The van der Waals surface area contributed by atoms with Crippen LogP contribution >= 0.6 is 11.8 Å². The number of carbonyl (C=O) groups excluding carboxylic acids is 1. The van der Waals surface area contributed by atoms with Crippen LogP contribution in [0.4, 0.5) is 4.79 Å². The second kappa shape index (κ2) is 5.37. The number of hydrogen-bond donors (Lipinski definition) is 1. The van der Waals surface area contributed by atoms with Crippen molar-refractivity contribution >= 4 is 17.8 Å². The minimum Gasteiger partial charge on any atom is -0.338 e. The SMILES string of the molecule is CN(C)C(=O)NCC1CCSCC1. The van der Waals surface area contributed by atoms with Crippen molar-refractivity contribution in [3.63, 3.8) is 0 Å². The number of carbonyl (C=O) groups is 1. The molecule has 1 aliphatic heterocycles. The first-order valence-corrected chi connectivity index (χ1v) is 5.88. The molecule has 3 nitrogen and oxygen atoms in total. The summed E-state index contributed by atoms with van der Waals surface area (Å²) in [5.74, 6) is 3.20. The van der Waals surface area contributed by atoms with Gasteiger partial charge in [-0.15, -0.1) is 0 Å². The van der Waals surface area contributed by atoms with Crippen LogP contribution in [0.15, 0.2) is 0 Å². The molecule has 1 N–H and O–H groups in total. The van der Waals surface area contributed by atoms with Crippen molar-refractivity contribution in [1.82, 2.24) is 10.2 Å². The highest BCUT2D eigenvalue weighted by Crippen LogP contribution is 2.21. The van der Waals surface area contributed by atoms with Crippen LogP contribution in [0.3, 0.4) is 0 Å². The molecule has 0 aromatic heterocycles. The third-order valence-electron chi connectivity index (χ3n) is 2.29. The van der Waals surface area contributed by atoms with E-state index in [1.54, 1.807) is 19.0 Å². The molecule has 1 rings (SSSR count). The maximum absolute atomic E-state index is 11.2. The predicted octanol–water partition coefficient (Wildman–Crippen LogP) is 1.40. The van der Waals surface area contributed by atoms with Gasteiger partial charge >= 0.3 is 6.03 Å². The number of rotatable bonds is 2. The lowest BCUT2D eigenvalue weighted by molar-refractivity contribution is 0.215. The number of thioether (sulfide) groups is 1. The fourth-order valence-electron chi connectivity index (χ4n) is 1.34. The fourth-order valence-corrected chi connectivity index (χ4v) is 2.54. The second-order valence-electron chi connectivity index (χ2n) is 3.64. The molecule has 0 aromatic rings. The van der Waals surface area contributed by atoms with Gasteiger partial charge in [0.05, 0.1) is 0 Å². The Morgan fingerprint density at radius 2 is 2.08 bits per heavy atom. The Morgan fingerprint density at radius 3 is 2.62 bits per heavy atom. The van der Waals surface area contributed by atoms with E-state index < -0.39 is 0 Å². The summed E-state index contributed by atoms with van der Waals surface area (Å²) in [4.78, 5) is 12.8. The third kappa shape index (κ3) is 3.89. The summed E-state index contributed by atoms with van der Waals surface area (Å²) in [5, 5.41) is 2.93. The van der Waals surface area contributed by atoms with Gasteiger partial charge in [-0.1, -0.05) is 0 Å². The van der Waals surface area contributed by atoms with Crippen LogP contribution in [0.5, 0.6) is 0 Å². The number of urea groups is 1.